The number of nitrogen functional groups attached to an aromatic ring is 1. The molecule has 1 aromatic heterocycles. The maximum absolute atomic E-state index is 5.72. The van der Waals surface area contributed by atoms with Crippen molar-refractivity contribution in [2.24, 2.45) is 0 Å². The zero-order valence-electron chi connectivity index (χ0n) is 7.73. The summed E-state index contributed by atoms with van der Waals surface area (Å²) in [6.07, 6.45) is 0. The molecule has 0 unspecified atom stereocenters. The molecule has 4 heteroatoms. The Bertz CT molecular complexity index is 389. The normalized spacial score (nSPS) is 8.93. The monoisotopic (exact) mass is 230 g/mol. The van der Waals surface area contributed by atoms with Gasteiger partial charge in [0.1, 0.15) is 0 Å². The Morgan fingerprint density at radius 1 is 1.14 bits per heavy atom. The topological polar surface area (TPSA) is 38.9 Å². The first kappa shape index (κ1) is 13.0. The smallest absolute Gasteiger partial charge is 0.0706 e. The average molecular weight is 231 g/mol. The van der Waals surface area contributed by atoms with Crippen molar-refractivity contribution in [1.82, 2.24) is 4.98 Å². The molecule has 0 radical (unpaired) electrons. The highest BCUT2D eigenvalue weighted by atomic mass is 35.5. The quantitative estimate of drug-likeness (QED) is 0.756. The second-order valence-corrected chi connectivity index (χ2v) is 2.86. The highest BCUT2D eigenvalue weighted by Crippen LogP contribution is 2.16. The van der Waals surface area contributed by atoms with E-state index in [1.165, 1.54) is 0 Å². The number of pyridine rings is 1. The number of hydrogen-bond donors (Lipinski definition) is 1. The van der Waals surface area contributed by atoms with Crippen LogP contribution in [0, 0.1) is 6.92 Å². The van der Waals surface area contributed by atoms with E-state index in [0.717, 1.165) is 22.3 Å². The van der Waals surface area contributed by atoms with Crippen LogP contribution in [0.25, 0.3) is 10.9 Å². The van der Waals surface area contributed by atoms with E-state index in [4.69, 9.17) is 5.73 Å². The van der Waals surface area contributed by atoms with Crippen LogP contribution < -0.4 is 5.73 Å². The third kappa shape index (κ3) is 2.28. The summed E-state index contributed by atoms with van der Waals surface area (Å²) in [5.41, 5.74) is 8.38. The first-order valence-corrected chi connectivity index (χ1v) is 3.89. The summed E-state index contributed by atoms with van der Waals surface area (Å²) < 4.78 is 0. The molecule has 14 heavy (non-hydrogen) atoms. The van der Waals surface area contributed by atoms with Gasteiger partial charge in [0, 0.05) is 5.39 Å². The molecule has 0 spiro atoms. The first-order chi connectivity index (χ1) is 5.77. The van der Waals surface area contributed by atoms with Crippen LogP contribution in [0.15, 0.2) is 30.3 Å². The van der Waals surface area contributed by atoms with Gasteiger partial charge in [0.2, 0.25) is 0 Å². The van der Waals surface area contributed by atoms with Gasteiger partial charge in [-0.2, -0.15) is 0 Å². The predicted octanol–water partition coefficient (Wildman–Crippen LogP) is 2.97. The number of rotatable bonds is 0. The fraction of sp³-hybridized carbons (Fsp3) is 0.100. The Kier molecular flexibility index (Phi) is 4.68. The van der Waals surface area contributed by atoms with Crippen molar-refractivity contribution in [2.45, 2.75) is 6.92 Å². The molecule has 2 N–H and O–H groups in total. The lowest BCUT2D eigenvalue weighted by Crippen LogP contribution is -1.92. The van der Waals surface area contributed by atoms with Gasteiger partial charge in [-0.25, -0.2) is 0 Å². The Morgan fingerprint density at radius 3 is 2.50 bits per heavy atom. The molecule has 0 aliphatic heterocycles. The van der Waals surface area contributed by atoms with Gasteiger partial charge in [0.15, 0.2) is 0 Å². The summed E-state index contributed by atoms with van der Waals surface area (Å²) in [6.45, 7) is 1.92. The van der Waals surface area contributed by atoms with E-state index in [0.29, 0.717) is 0 Å². The summed E-state index contributed by atoms with van der Waals surface area (Å²) in [7, 11) is 0. The zero-order chi connectivity index (χ0) is 8.55. The van der Waals surface area contributed by atoms with E-state index in [1.54, 1.807) is 0 Å². The molecule has 0 atom stereocenters. The van der Waals surface area contributed by atoms with Crippen molar-refractivity contribution in [2.75, 3.05) is 5.73 Å². The molecule has 0 saturated heterocycles. The maximum atomic E-state index is 5.72. The lowest BCUT2D eigenvalue weighted by molar-refractivity contribution is 1.26. The third-order valence-electron chi connectivity index (χ3n) is 1.95. The lowest BCUT2D eigenvalue weighted by atomic mass is 10.2. The van der Waals surface area contributed by atoms with Crippen molar-refractivity contribution in [3.05, 3.63) is 36.0 Å². The predicted molar refractivity (Wildman–Crippen MR) is 65.4 cm³/mol. The molecule has 0 fully saturated rings. The lowest BCUT2D eigenvalue weighted by Gasteiger charge is -2.01. The summed E-state index contributed by atoms with van der Waals surface area (Å²) in [5.74, 6) is 0. The highest BCUT2D eigenvalue weighted by molar-refractivity contribution is 5.85. The number of fused-ring (bicyclic) bond motifs is 1. The van der Waals surface area contributed by atoms with Crippen LogP contribution in [-0.2, 0) is 0 Å². The number of anilines is 1. The number of hydrogen-bond acceptors (Lipinski definition) is 2. The van der Waals surface area contributed by atoms with Gasteiger partial charge in [-0.05, 0) is 19.1 Å². The molecule has 1 heterocycles. The molecule has 0 bridgehead atoms. The largest absolute Gasteiger partial charge is 0.397 e. The molecule has 0 amide bonds. The van der Waals surface area contributed by atoms with E-state index in [1.807, 2.05) is 37.3 Å². The van der Waals surface area contributed by atoms with Crippen molar-refractivity contribution < 1.29 is 0 Å². The van der Waals surface area contributed by atoms with E-state index in [2.05, 4.69) is 4.98 Å². The first-order valence-electron chi connectivity index (χ1n) is 3.89. The van der Waals surface area contributed by atoms with Crippen LogP contribution in [0.1, 0.15) is 5.69 Å². The van der Waals surface area contributed by atoms with Gasteiger partial charge in [0.05, 0.1) is 16.9 Å². The Balaban J connectivity index is 0.000000845. The number of benzene rings is 1. The Labute approximate surface area is 95.3 Å². The summed E-state index contributed by atoms with van der Waals surface area (Å²) in [6, 6.07) is 9.92. The number of nitrogens with zero attached hydrogens (tertiary/aromatic N) is 1. The van der Waals surface area contributed by atoms with Gasteiger partial charge >= 0.3 is 0 Å². The Hall–Kier alpha value is -0.990. The van der Waals surface area contributed by atoms with E-state index >= 15 is 0 Å². The number of para-hydroxylation sites is 1. The Morgan fingerprint density at radius 2 is 1.79 bits per heavy atom. The van der Waals surface area contributed by atoms with Crippen LogP contribution in [0.3, 0.4) is 0 Å². The number of aryl methyl sites for hydroxylation is 1. The molecular formula is C10H12Cl2N2. The van der Waals surface area contributed by atoms with Gasteiger partial charge in [-0.1, -0.05) is 18.2 Å². The summed E-state index contributed by atoms with van der Waals surface area (Å²) >= 11 is 0. The molecule has 2 rings (SSSR count). The van der Waals surface area contributed by atoms with Crippen molar-refractivity contribution in [3.8, 4) is 0 Å². The summed E-state index contributed by atoms with van der Waals surface area (Å²) in [5, 5.41) is 1.10. The van der Waals surface area contributed by atoms with Crippen LogP contribution >= 0.6 is 24.8 Å². The van der Waals surface area contributed by atoms with Crippen molar-refractivity contribution in [1.29, 1.82) is 0 Å². The van der Waals surface area contributed by atoms with Gasteiger partial charge in [-0.3, -0.25) is 4.98 Å². The third-order valence-corrected chi connectivity index (χ3v) is 1.95. The van der Waals surface area contributed by atoms with Crippen molar-refractivity contribution in [3.63, 3.8) is 0 Å². The molecule has 2 aromatic rings. The maximum Gasteiger partial charge on any atom is 0.0706 e. The van der Waals surface area contributed by atoms with Crippen LogP contribution in [-0.4, -0.2) is 4.98 Å². The van der Waals surface area contributed by atoms with E-state index in [-0.39, 0.29) is 24.8 Å². The van der Waals surface area contributed by atoms with Gasteiger partial charge < -0.3 is 5.73 Å². The number of halogens is 2. The van der Waals surface area contributed by atoms with Gasteiger partial charge in [0.25, 0.3) is 0 Å². The second-order valence-electron chi connectivity index (χ2n) is 2.86. The minimum Gasteiger partial charge on any atom is -0.397 e. The SMILES string of the molecule is Cc1nc2ccccc2cc1N.Cl.Cl. The second kappa shape index (κ2) is 5.03. The van der Waals surface area contributed by atoms with E-state index < -0.39 is 0 Å². The number of nitrogens with two attached hydrogens (primary N) is 1. The molecule has 0 aliphatic carbocycles. The summed E-state index contributed by atoms with van der Waals surface area (Å²) in [4.78, 5) is 4.35. The minimum absolute atomic E-state index is 0. The van der Waals surface area contributed by atoms with Crippen LogP contribution in [0.4, 0.5) is 5.69 Å². The van der Waals surface area contributed by atoms with Gasteiger partial charge in [-0.15, -0.1) is 24.8 Å². The molecule has 0 aliphatic rings. The minimum atomic E-state index is 0. The highest BCUT2D eigenvalue weighted by Gasteiger charge is 1.97. The van der Waals surface area contributed by atoms with Crippen LogP contribution in [0.2, 0.25) is 0 Å². The molecular weight excluding hydrogens is 219 g/mol. The molecule has 2 nitrogen and oxygen atoms in total. The average Bonchev–Trinajstić information content (AvgIpc) is 2.07. The van der Waals surface area contributed by atoms with Crippen LogP contribution in [0.5, 0.6) is 0 Å². The fourth-order valence-electron chi connectivity index (χ4n) is 1.23. The molecule has 76 valence electrons. The zero-order valence-corrected chi connectivity index (χ0v) is 9.36. The fourth-order valence-corrected chi connectivity index (χ4v) is 1.23. The molecule has 1 aromatic carbocycles. The standard InChI is InChI=1S/C10H10N2.2ClH/c1-7-9(11)6-8-4-2-3-5-10(8)12-7;;/h2-6H,11H2,1H3;2*1H. The number of aromatic nitrogens is 1. The molecule has 0 saturated carbocycles. The van der Waals surface area contributed by atoms with E-state index in [9.17, 15) is 0 Å². The van der Waals surface area contributed by atoms with Crippen molar-refractivity contribution >= 4 is 41.4 Å².